The lowest BCUT2D eigenvalue weighted by Crippen LogP contribution is -2.56. The van der Waals surface area contributed by atoms with Crippen LogP contribution >= 0.6 is 0 Å². The number of hydrogen-bond donors (Lipinski definition) is 2. The number of hydrogen-bond acceptors (Lipinski definition) is 6. The third-order valence-electron chi connectivity index (χ3n) is 10.4. The van der Waals surface area contributed by atoms with Crippen molar-refractivity contribution in [1.29, 1.82) is 5.26 Å². The number of aliphatic hydroxyl groups excluding tert-OH is 1. The van der Waals surface area contributed by atoms with E-state index in [1.807, 2.05) is 48.5 Å². The lowest BCUT2D eigenvalue weighted by Gasteiger charge is -2.45. The summed E-state index contributed by atoms with van der Waals surface area (Å²) in [5, 5.41) is 17.1. The molecule has 0 aromatic carbocycles. The van der Waals surface area contributed by atoms with Crippen molar-refractivity contribution >= 4 is 5.91 Å². The number of carbonyl (C=O) groups excluding carboxylic acids is 1. The van der Waals surface area contributed by atoms with Gasteiger partial charge in [-0.3, -0.25) is 9.69 Å². The molecule has 294 valence electrons. The number of piperidine rings is 1. The fraction of sp³-hybridized carbons (Fsp3) is 0.951. The Morgan fingerprint density at radius 2 is 1.31 bits per heavy atom. The molecule has 0 aliphatic carbocycles. The van der Waals surface area contributed by atoms with Crippen molar-refractivity contribution in [1.82, 2.24) is 4.90 Å². The van der Waals surface area contributed by atoms with E-state index in [2.05, 4.69) is 94.1 Å². The van der Waals surface area contributed by atoms with Gasteiger partial charge in [-0.2, -0.15) is 5.26 Å². The molecule has 2 aliphatic rings. The van der Waals surface area contributed by atoms with Crippen molar-refractivity contribution < 1.29 is 23.8 Å². The molecule has 2 atom stereocenters. The first-order valence-corrected chi connectivity index (χ1v) is 18.4. The second-order valence-corrected chi connectivity index (χ2v) is 20.5. The third kappa shape index (κ3) is 23.0. The summed E-state index contributed by atoms with van der Waals surface area (Å²) in [5.41, 5.74) is 5.43. The molecule has 3 N–H and O–H groups in total. The minimum absolute atomic E-state index is 0.0567. The van der Waals surface area contributed by atoms with Gasteiger partial charge in [-0.25, -0.2) is 4.39 Å². The Labute approximate surface area is 304 Å². The summed E-state index contributed by atoms with van der Waals surface area (Å²) in [5.74, 6) is -0.0188. The zero-order chi connectivity index (χ0) is 39.9. The van der Waals surface area contributed by atoms with Gasteiger partial charge in [-0.1, -0.05) is 118 Å². The molecule has 2 aliphatic heterocycles. The quantitative estimate of drug-likeness (QED) is 0.296. The molecule has 2 unspecified atom stereocenters. The van der Waals surface area contributed by atoms with Crippen LogP contribution < -0.4 is 5.73 Å². The number of rotatable bonds is 5. The van der Waals surface area contributed by atoms with Gasteiger partial charge in [0.2, 0.25) is 5.91 Å². The van der Waals surface area contributed by atoms with Gasteiger partial charge in [-0.15, -0.1) is 0 Å². The molecule has 2 saturated heterocycles. The zero-order valence-corrected chi connectivity index (χ0v) is 36.1. The molecule has 1 amide bonds. The van der Waals surface area contributed by atoms with Gasteiger partial charge in [-0.05, 0) is 72.6 Å². The first-order chi connectivity index (χ1) is 21.6. The summed E-state index contributed by atoms with van der Waals surface area (Å²) in [6.45, 7) is 43.8. The van der Waals surface area contributed by atoms with E-state index in [4.69, 9.17) is 25.6 Å². The highest BCUT2D eigenvalue weighted by atomic mass is 19.1. The number of methoxy groups -OCH3 is 1. The Hall–Kier alpha value is -1.27. The number of halogens is 1. The number of nitrogens with zero attached hydrogens (tertiary/aromatic N) is 2. The monoisotopic (exact) mass is 702 g/mol. The van der Waals surface area contributed by atoms with E-state index in [-0.39, 0.29) is 33.5 Å². The molecule has 0 aromatic heterocycles. The van der Waals surface area contributed by atoms with Crippen molar-refractivity contribution in [3.63, 3.8) is 0 Å². The second kappa shape index (κ2) is 21.3. The maximum absolute atomic E-state index is 14.0. The first-order valence-electron chi connectivity index (χ1n) is 18.4. The highest BCUT2D eigenvalue weighted by molar-refractivity contribution is 5.80. The van der Waals surface area contributed by atoms with Crippen molar-refractivity contribution in [3.8, 4) is 6.07 Å². The van der Waals surface area contributed by atoms with Gasteiger partial charge in [0.1, 0.15) is 6.17 Å². The summed E-state index contributed by atoms with van der Waals surface area (Å²) in [4.78, 5) is 13.2. The lowest BCUT2D eigenvalue weighted by molar-refractivity contribution is -0.131. The minimum Gasteiger partial charge on any atom is -0.396 e. The summed E-state index contributed by atoms with van der Waals surface area (Å²) < 4.78 is 24.1. The SMILES string of the molecule is CC(C)(C)C(C)(C)C#N.CC(C)(C)C(C)(C)C(N)=O.CC(C)(C)C1CCN(C2COC2)CC1F.CC(C)(C)CCO.COCCC(C)(C)C. The summed E-state index contributed by atoms with van der Waals surface area (Å²) >= 11 is 0. The Balaban J connectivity index is -0.000000559. The average molecular weight is 702 g/mol. The van der Waals surface area contributed by atoms with Crippen LogP contribution in [-0.2, 0) is 14.3 Å². The molecule has 0 saturated carbocycles. The van der Waals surface area contributed by atoms with E-state index in [1.165, 1.54) is 0 Å². The topological polar surface area (TPSA) is 109 Å². The number of likely N-dealkylation sites (tertiary alicyclic amines) is 1. The largest absolute Gasteiger partial charge is 0.396 e. The fourth-order valence-electron chi connectivity index (χ4n) is 3.95. The van der Waals surface area contributed by atoms with Crippen molar-refractivity contribution in [2.45, 2.75) is 163 Å². The van der Waals surface area contributed by atoms with Crippen LogP contribution in [0, 0.1) is 55.2 Å². The number of primary amides is 1. The minimum atomic E-state index is -0.667. The summed E-state index contributed by atoms with van der Waals surface area (Å²) in [6, 6.07) is 2.77. The predicted octanol–water partition coefficient (Wildman–Crippen LogP) is 9.70. The number of nitriles is 1. The molecule has 49 heavy (non-hydrogen) atoms. The van der Waals surface area contributed by atoms with Crippen LogP contribution in [-0.4, -0.2) is 74.8 Å². The molecule has 2 heterocycles. The second-order valence-electron chi connectivity index (χ2n) is 20.5. The highest BCUT2D eigenvalue weighted by Gasteiger charge is 2.40. The average Bonchev–Trinajstić information content (AvgIpc) is 2.85. The summed E-state index contributed by atoms with van der Waals surface area (Å²) in [6.07, 6.45) is 2.36. The van der Waals surface area contributed by atoms with Crippen LogP contribution in [0.4, 0.5) is 4.39 Å². The number of alkyl halides is 1. The normalized spacial score (nSPS) is 19.5. The molecule has 0 bridgehead atoms. The molecular formula is C41H84FN3O4. The number of aliphatic hydroxyl groups is 1. The smallest absolute Gasteiger partial charge is 0.223 e. The van der Waals surface area contributed by atoms with Crippen LogP contribution in [0.1, 0.15) is 151 Å². The van der Waals surface area contributed by atoms with Crippen molar-refractivity contribution in [2.24, 2.45) is 49.6 Å². The van der Waals surface area contributed by atoms with Gasteiger partial charge >= 0.3 is 0 Å². The maximum atomic E-state index is 14.0. The number of carbonyl (C=O) groups is 1. The Kier molecular flexibility index (Phi) is 22.6. The van der Waals surface area contributed by atoms with Gasteiger partial charge in [0.25, 0.3) is 0 Å². The van der Waals surface area contributed by atoms with Crippen molar-refractivity contribution in [2.75, 3.05) is 46.6 Å². The molecule has 2 rings (SSSR count). The standard InChI is InChI=1S/C12H22FNO.C8H17NO.C8H15N.C7H16O.C6H14O/c1-12(2,3)10-4-5-14(6-11(10)13)9-7-15-8-9;1-7(2,3)8(4,5)6(9)10;1-7(2,3)8(4,5)6-9;1-7(2,3)5-6-8-4;1-6(2,3)4-5-7/h9-11H,4-8H2,1-3H3;1-5H3,(H2,9,10);1-5H3;5-6H2,1-4H3;7H,4-5H2,1-3H3. The molecule has 0 radical (unpaired) electrons. The molecular weight excluding hydrogens is 617 g/mol. The molecule has 0 spiro atoms. The van der Waals surface area contributed by atoms with Crippen LogP contribution in [0.15, 0.2) is 0 Å². The van der Waals surface area contributed by atoms with Crippen LogP contribution in [0.2, 0.25) is 0 Å². The van der Waals surface area contributed by atoms with Crippen LogP contribution in [0.3, 0.4) is 0 Å². The first kappa shape index (κ1) is 52.1. The number of nitrogens with two attached hydrogens (primary N) is 1. The third-order valence-corrected chi connectivity index (χ3v) is 10.4. The van der Waals surface area contributed by atoms with E-state index >= 15 is 0 Å². The predicted molar refractivity (Wildman–Crippen MR) is 207 cm³/mol. The van der Waals surface area contributed by atoms with Gasteiger partial charge in [0.15, 0.2) is 0 Å². The van der Waals surface area contributed by atoms with Crippen LogP contribution in [0.25, 0.3) is 0 Å². The number of amides is 1. The molecule has 0 aromatic rings. The fourth-order valence-corrected chi connectivity index (χ4v) is 3.95. The van der Waals surface area contributed by atoms with E-state index in [0.29, 0.717) is 30.0 Å². The highest BCUT2D eigenvalue weighted by Crippen LogP contribution is 2.38. The van der Waals surface area contributed by atoms with Gasteiger partial charge < -0.3 is 20.3 Å². The van der Waals surface area contributed by atoms with E-state index in [0.717, 1.165) is 45.6 Å². The summed E-state index contributed by atoms with van der Waals surface area (Å²) in [7, 11) is 1.74. The van der Waals surface area contributed by atoms with Gasteiger partial charge in [0, 0.05) is 32.3 Å². The van der Waals surface area contributed by atoms with E-state index in [9.17, 15) is 9.18 Å². The zero-order valence-electron chi connectivity index (χ0n) is 36.1. The molecule has 8 heteroatoms. The van der Waals surface area contributed by atoms with Crippen LogP contribution in [0.5, 0.6) is 0 Å². The maximum Gasteiger partial charge on any atom is 0.223 e. The van der Waals surface area contributed by atoms with E-state index < -0.39 is 11.6 Å². The molecule has 2 fully saturated rings. The lowest BCUT2D eigenvalue weighted by atomic mass is 9.69. The van der Waals surface area contributed by atoms with E-state index in [1.54, 1.807) is 7.11 Å². The Morgan fingerprint density at radius 3 is 1.45 bits per heavy atom. The van der Waals surface area contributed by atoms with Gasteiger partial charge in [0.05, 0.1) is 30.7 Å². The Morgan fingerprint density at radius 1 is 0.857 bits per heavy atom. The van der Waals surface area contributed by atoms with Crippen molar-refractivity contribution in [3.05, 3.63) is 0 Å². The Bertz CT molecular complexity index is 935. The number of ether oxygens (including phenoxy) is 2. The molecule has 7 nitrogen and oxygen atoms in total.